The van der Waals surface area contributed by atoms with E-state index >= 15 is 0 Å². The molecular formula is C13H19FN2. The molecule has 1 heterocycles. The van der Waals surface area contributed by atoms with E-state index in [1.165, 1.54) is 32.0 Å². The Labute approximate surface area is 96.5 Å². The van der Waals surface area contributed by atoms with Crippen molar-refractivity contribution in [3.8, 4) is 0 Å². The molecule has 0 aliphatic carbocycles. The molecule has 1 atom stereocenters. The minimum absolute atomic E-state index is 0.154. The first-order valence-electron chi connectivity index (χ1n) is 5.94. The van der Waals surface area contributed by atoms with Crippen LogP contribution in [0.25, 0.3) is 0 Å². The number of benzene rings is 1. The Balaban J connectivity index is 2.03. The molecule has 0 bridgehead atoms. The van der Waals surface area contributed by atoms with Crippen molar-refractivity contribution in [3.05, 3.63) is 35.6 Å². The van der Waals surface area contributed by atoms with Crippen LogP contribution in [0.5, 0.6) is 0 Å². The van der Waals surface area contributed by atoms with Crippen LogP contribution in [0.15, 0.2) is 24.3 Å². The number of halogens is 1. The van der Waals surface area contributed by atoms with Gasteiger partial charge < -0.3 is 10.2 Å². The normalized spacial score (nSPS) is 18.9. The summed E-state index contributed by atoms with van der Waals surface area (Å²) in [6, 6.07) is 7.11. The Bertz CT molecular complexity index is 334. The van der Waals surface area contributed by atoms with Crippen LogP contribution in [0.2, 0.25) is 0 Å². The Morgan fingerprint density at radius 1 is 1.38 bits per heavy atom. The van der Waals surface area contributed by atoms with Crippen LogP contribution in [0.1, 0.15) is 24.4 Å². The second-order valence-corrected chi connectivity index (χ2v) is 4.40. The minimum Gasteiger partial charge on any atom is -0.312 e. The zero-order valence-electron chi connectivity index (χ0n) is 9.75. The molecule has 88 valence electrons. The minimum atomic E-state index is -0.154. The van der Waals surface area contributed by atoms with Gasteiger partial charge in [-0.1, -0.05) is 12.1 Å². The lowest BCUT2D eigenvalue weighted by Gasteiger charge is -2.23. The van der Waals surface area contributed by atoms with Crippen LogP contribution in [0, 0.1) is 5.82 Å². The van der Waals surface area contributed by atoms with Gasteiger partial charge >= 0.3 is 0 Å². The highest BCUT2D eigenvalue weighted by atomic mass is 19.1. The smallest absolute Gasteiger partial charge is 0.123 e. The molecule has 0 saturated carbocycles. The fourth-order valence-corrected chi connectivity index (χ4v) is 2.31. The van der Waals surface area contributed by atoms with E-state index < -0.39 is 0 Å². The summed E-state index contributed by atoms with van der Waals surface area (Å²) in [4.78, 5) is 2.44. The Morgan fingerprint density at radius 3 is 2.75 bits per heavy atom. The SMILES string of the molecule is CNC(CN1CCCC1)c1cccc(F)c1. The molecule has 1 fully saturated rings. The molecule has 1 aromatic carbocycles. The van der Waals surface area contributed by atoms with Gasteiger partial charge in [-0.3, -0.25) is 0 Å². The van der Waals surface area contributed by atoms with Crippen molar-refractivity contribution in [2.45, 2.75) is 18.9 Å². The van der Waals surface area contributed by atoms with Crippen molar-refractivity contribution in [1.29, 1.82) is 0 Å². The number of rotatable bonds is 4. The second-order valence-electron chi connectivity index (χ2n) is 4.40. The van der Waals surface area contributed by atoms with E-state index in [1.54, 1.807) is 12.1 Å². The fraction of sp³-hybridized carbons (Fsp3) is 0.538. The van der Waals surface area contributed by atoms with Crippen LogP contribution in [-0.4, -0.2) is 31.6 Å². The molecule has 2 nitrogen and oxygen atoms in total. The van der Waals surface area contributed by atoms with E-state index in [4.69, 9.17) is 0 Å². The summed E-state index contributed by atoms with van der Waals surface area (Å²) >= 11 is 0. The van der Waals surface area contributed by atoms with Crippen molar-refractivity contribution in [1.82, 2.24) is 10.2 Å². The van der Waals surface area contributed by atoms with Gasteiger partial charge in [0, 0.05) is 12.6 Å². The lowest BCUT2D eigenvalue weighted by molar-refractivity contribution is 0.299. The predicted molar refractivity (Wildman–Crippen MR) is 63.9 cm³/mol. The summed E-state index contributed by atoms with van der Waals surface area (Å²) in [5.74, 6) is -0.154. The van der Waals surface area contributed by atoms with Gasteiger partial charge in [-0.25, -0.2) is 4.39 Å². The standard InChI is InChI=1S/C13H19FN2/c1-15-13(10-16-7-2-3-8-16)11-5-4-6-12(14)9-11/h4-6,9,13,15H,2-3,7-8,10H2,1H3. The summed E-state index contributed by atoms with van der Waals surface area (Å²) in [5, 5.41) is 3.26. The highest BCUT2D eigenvalue weighted by Gasteiger charge is 2.17. The highest BCUT2D eigenvalue weighted by molar-refractivity contribution is 5.20. The van der Waals surface area contributed by atoms with Gasteiger partial charge in [0.2, 0.25) is 0 Å². The van der Waals surface area contributed by atoms with Crippen molar-refractivity contribution in [2.75, 3.05) is 26.7 Å². The van der Waals surface area contributed by atoms with Crippen LogP contribution >= 0.6 is 0 Å². The lowest BCUT2D eigenvalue weighted by atomic mass is 10.1. The molecule has 0 amide bonds. The second kappa shape index (κ2) is 5.41. The predicted octanol–water partition coefficient (Wildman–Crippen LogP) is 2.18. The van der Waals surface area contributed by atoms with E-state index in [2.05, 4.69) is 10.2 Å². The summed E-state index contributed by atoms with van der Waals surface area (Å²) in [6.45, 7) is 3.32. The molecule has 16 heavy (non-hydrogen) atoms. The number of hydrogen-bond donors (Lipinski definition) is 1. The summed E-state index contributed by atoms with van der Waals surface area (Å²) in [5.41, 5.74) is 1.04. The van der Waals surface area contributed by atoms with Crippen LogP contribution in [0.4, 0.5) is 4.39 Å². The highest BCUT2D eigenvalue weighted by Crippen LogP contribution is 2.17. The summed E-state index contributed by atoms with van der Waals surface area (Å²) < 4.78 is 13.1. The Hall–Kier alpha value is -0.930. The van der Waals surface area contributed by atoms with Gasteiger partial charge in [0.05, 0.1) is 0 Å². The van der Waals surface area contributed by atoms with Gasteiger partial charge in [-0.05, 0) is 50.7 Å². The van der Waals surface area contributed by atoms with Gasteiger partial charge in [-0.15, -0.1) is 0 Å². The first-order chi connectivity index (χ1) is 7.79. The molecule has 1 aliphatic heterocycles. The maximum Gasteiger partial charge on any atom is 0.123 e. The first kappa shape index (κ1) is 11.6. The molecular weight excluding hydrogens is 203 g/mol. The third-order valence-electron chi connectivity index (χ3n) is 3.24. The van der Waals surface area contributed by atoms with Gasteiger partial charge in [0.1, 0.15) is 5.82 Å². The molecule has 1 aliphatic rings. The number of nitrogens with zero attached hydrogens (tertiary/aromatic N) is 1. The summed E-state index contributed by atoms with van der Waals surface area (Å²) in [6.07, 6.45) is 2.58. The molecule has 1 aromatic rings. The quantitative estimate of drug-likeness (QED) is 0.840. The average Bonchev–Trinajstić information content (AvgIpc) is 2.78. The van der Waals surface area contributed by atoms with E-state index in [9.17, 15) is 4.39 Å². The number of likely N-dealkylation sites (N-methyl/N-ethyl adjacent to an activating group) is 1. The first-order valence-corrected chi connectivity index (χ1v) is 5.94. The van der Waals surface area contributed by atoms with E-state index in [0.717, 1.165) is 12.1 Å². The topological polar surface area (TPSA) is 15.3 Å². The molecule has 1 unspecified atom stereocenters. The fourth-order valence-electron chi connectivity index (χ4n) is 2.31. The van der Waals surface area contributed by atoms with Gasteiger partial charge in [0.15, 0.2) is 0 Å². The monoisotopic (exact) mass is 222 g/mol. The Morgan fingerprint density at radius 2 is 2.12 bits per heavy atom. The molecule has 0 aromatic heterocycles. The lowest BCUT2D eigenvalue weighted by Crippen LogP contribution is -2.31. The summed E-state index contributed by atoms with van der Waals surface area (Å²) in [7, 11) is 1.94. The maximum atomic E-state index is 13.1. The van der Waals surface area contributed by atoms with Crippen molar-refractivity contribution >= 4 is 0 Å². The average molecular weight is 222 g/mol. The third-order valence-corrected chi connectivity index (χ3v) is 3.24. The molecule has 0 radical (unpaired) electrons. The zero-order valence-corrected chi connectivity index (χ0v) is 9.75. The number of hydrogen-bond acceptors (Lipinski definition) is 2. The number of nitrogens with one attached hydrogen (secondary N) is 1. The van der Waals surface area contributed by atoms with Crippen molar-refractivity contribution in [2.24, 2.45) is 0 Å². The van der Waals surface area contributed by atoms with Crippen molar-refractivity contribution < 1.29 is 4.39 Å². The largest absolute Gasteiger partial charge is 0.312 e. The molecule has 2 rings (SSSR count). The zero-order chi connectivity index (χ0) is 11.4. The van der Waals surface area contributed by atoms with E-state index in [1.807, 2.05) is 13.1 Å². The molecule has 3 heteroatoms. The maximum absolute atomic E-state index is 13.1. The van der Waals surface area contributed by atoms with Gasteiger partial charge in [0.25, 0.3) is 0 Å². The van der Waals surface area contributed by atoms with Gasteiger partial charge in [-0.2, -0.15) is 0 Å². The third kappa shape index (κ3) is 2.80. The van der Waals surface area contributed by atoms with Crippen LogP contribution < -0.4 is 5.32 Å². The molecule has 1 saturated heterocycles. The molecule has 0 spiro atoms. The van der Waals surface area contributed by atoms with Crippen molar-refractivity contribution in [3.63, 3.8) is 0 Å². The Kier molecular flexibility index (Phi) is 3.91. The van der Waals surface area contributed by atoms with E-state index in [-0.39, 0.29) is 11.9 Å². The van der Waals surface area contributed by atoms with Crippen LogP contribution in [-0.2, 0) is 0 Å². The van der Waals surface area contributed by atoms with E-state index in [0.29, 0.717) is 0 Å². The number of likely N-dealkylation sites (tertiary alicyclic amines) is 1. The van der Waals surface area contributed by atoms with Crippen LogP contribution in [0.3, 0.4) is 0 Å². The molecule has 1 N–H and O–H groups in total.